The summed E-state index contributed by atoms with van der Waals surface area (Å²) < 4.78 is 1.68. The van der Waals surface area contributed by atoms with Gasteiger partial charge in [-0.05, 0) is 32.0 Å². The molecule has 0 aliphatic heterocycles. The van der Waals surface area contributed by atoms with Crippen LogP contribution >= 0.6 is 34.8 Å². The Kier molecular flexibility index (Phi) is 4.97. The summed E-state index contributed by atoms with van der Waals surface area (Å²) in [6.07, 6.45) is 0.703. The van der Waals surface area contributed by atoms with Gasteiger partial charge in [0.05, 0.1) is 15.7 Å². The van der Waals surface area contributed by atoms with E-state index in [4.69, 9.17) is 34.8 Å². The fourth-order valence-corrected chi connectivity index (χ4v) is 2.96. The van der Waals surface area contributed by atoms with Gasteiger partial charge < -0.3 is 5.32 Å². The Labute approximate surface area is 133 Å². The topological polar surface area (TPSA) is 29.9 Å². The molecule has 0 spiro atoms. The molecule has 1 aromatic carbocycles. The molecule has 108 valence electrons. The SMILES string of the molecule is CNC(Cc1c(C)nn(C)c1Cl)c1cccc(Cl)c1Cl. The van der Waals surface area contributed by atoms with Crippen LogP contribution in [-0.4, -0.2) is 16.8 Å². The largest absolute Gasteiger partial charge is 0.313 e. The minimum atomic E-state index is 0.0293. The average Bonchev–Trinajstić information content (AvgIpc) is 2.65. The third kappa shape index (κ3) is 2.96. The summed E-state index contributed by atoms with van der Waals surface area (Å²) in [5, 5.41) is 9.37. The standard InChI is InChI=1S/C14H16Cl3N3/c1-8-10(14(17)20(3)19-8)7-12(18-2)9-5-4-6-11(15)13(9)16/h4-6,12,18H,7H2,1-3H3. The molecule has 2 rings (SSSR count). The van der Waals surface area contributed by atoms with Gasteiger partial charge in [-0.1, -0.05) is 46.9 Å². The molecule has 0 saturated heterocycles. The number of hydrogen-bond acceptors (Lipinski definition) is 2. The van der Waals surface area contributed by atoms with Crippen molar-refractivity contribution in [3.8, 4) is 0 Å². The molecule has 1 unspecified atom stereocenters. The van der Waals surface area contributed by atoms with Gasteiger partial charge in [0.25, 0.3) is 0 Å². The van der Waals surface area contributed by atoms with Gasteiger partial charge in [0.1, 0.15) is 5.15 Å². The highest BCUT2D eigenvalue weighted by atomic mass is 35.5. The Morgan fingerprint density at radius 2 is 2.00 bits per heavy atom. The highest BCUT2D eigenvalue weighted by molar-refractivity contribution is 6.42. The van der Waals surface area contributed by atoms with Crippen LogP contribution in [0.2, 0.25) is 15.2 Å². The minimum Gasteiger partial charge on any atom is -0.313 e. The van der Waals surface area contributed by atoms with Crippen molar-refractivity contribution in [2.24, 2.45) is 7.05 Å². The number of aromatic nitrogens is 2. The Balaban J connectivity index is 2.36. The Bertz CT molecular complexity index is 622. The number of nitrogens with one attached hydrogen (secondary N) is 1. The summed E-state index contributed by atoms with van der Waals surface area (Å²) >= 11 is 18.7. The van der Waals surface area contributed by atoms with Crippen LogP contribution in [0.15, 0.2) is 18.2 Å². The Morgan fingerprint density at radius 3 is 2.55 bits per heavy atom. The lowest BCUT2D eigenvalue weighted by Crippen LogP contribution is -2.19. The number of rotatable bonds is 4. The van der Waals surface area contributed by atoms with E-state index in [1.165, 1.54) is 0 Å². The smallest absolute Gasteiger partial charge is 0.130 e. The number of likely N-dealkylation sites (N-methyl/N-ethyl adjacent to an activating group) is 1. The summed E-state index contributed by atoms with van der Waals surface area (Å²) in [5.41, 5.74) is 2.90. The lowest BCUT2D eigenvalue weighted by Gasteiger charge is -2.18. The van der Waals surface area contributed by atoms with Gasteiger partial charge in [-0.3, -0.25) is 4.68 Å². The fourth-order valence-electron chi connectivity index (χ4n) is 2.27. The average molecular weight is 333 g/mol. The zero-order valence-corrected chi connectivity index (χ0v) is 13.8. The van der Waals surface area contributed by atoms with Crippen LogP contribution in [0.25, 0.3) is 0 Å². The predicted octanol–water partition coefficient (Wildman–Crippen LogP) is 4.19. The Morgan fingerprint density at radius 1 is 1.30 bits per heavy atom. The van der Waals surface area contributed by atoms with E-state index in [9.17, 15) is 0 Å². The number of hydrogen-bond donors (Lipinski definition) is 1. The summed E-state index contributed by atoms with van der Waals surface area (Å²) in [6, 6.07) is 5.67. The third-order valence-electron chi connectivity index (χ3n) is 3.38. The number of halogens is 3. The van der Waals surface area contributed by atoms with Crippen molar-refractivity contribution >= 4 is 34.8 Å². The molecule has 0 aliphatic rings. The zero-order chi connectivity index (χ0) is 14.9. The molecule has 0 radical (unpaired) electrons. The zero-order valence-electron chi connectivity index (χ0n) is 11.5. The normalized spacial score (nSPS) is 12.7. The van der Waals surface area contributed by atoms with Gasteiger partial charge in [0.2, 0.25) is 0 Å². The molecule has 0 saturated carbocycles. The first kappa shape index (κ1) is 15.6. The third-order valence-corrected chi connectivity index (χ3v) is 4.69. The van der Waals surface area contributed by atoms with E-state index in [2.05, 4.69) is 10.4 Å². The number of nitrogens with zero attached hydrogens (tertiary/aromatic N) is 2. The van der Waals surface area contributed by atoms with E-state index in [0.29, 0.717) is 21.6 Å². The molecule has 0 aliphatic carbocycles. The van der Waals surface area contributed by atoms with Crippen molar-refractivity contribution in [2.75, 3.05) is 7.05 Å². The second kappa shape index (κ2) is 6.35. The van der Waals surface area contributed by atoms with Crippen LogP contribution < -0.4 is 5.32 Å². The van der Waals surface area contributed by atoms with E-state index in [0.717, 1.165) is 16.8 Å². The molecule has 20 heavy (non-hydrogen) atoms. The van der Waals surface area contributed by atoms with E-state index >= 15 is 0 Å². The van der Waals surface area contributed by atoms with Crippen molar-refractivity contribution in [1.82, 2.24) is 15.1 Å². The molecule has 6 heteroatoms. The van der Waals surface area contributed by atoms with E-state index < -0.39 is 0 Å². The maximum atomic E-state index is 6.29. The first-order valence-electron chi connectivity index (χ1n) is 6.24. The van der Waals surface area contributed by atoms with Gasteiger partial charge in [0, 0.05) is 18.7 Å². The molecular formula is C14H16Cl3N3. The molecule has 1 heterocycles. The molecule has 0 fully saturated rings. The van der Waals surface area contributed by atoms with Crippen LogP contribution in [0, 0.1) is 6.92 Å². The quantitative estimate of drug-likeness (QED) is 0.909. The maximum absolute atomic E-state index is 6.29. The van der Waals surface area contributed by atoms with Crippen molar-refractivity contribution < 1.29 is 0 Å². The van der Waals surface area contributed by atoms with Crippen molar-refractivity contribution in [1.29, 1.82) is 0 Å². The lowest BCUT2D eigenvalue weighted by molar-refractivity contribution is 0.591. The second-order valence-electron chi connectivity index (χ2n) is 4.67. The van der Waals surface area contributed by atoms with Crippen molar-refractivity contribution in [3.63, 3.8) is 0 Å². The second-order valence-corrected chi connectivity index (χ2v) is 5.81. The molecule has 0 bridgehead atoms. The molecule has 1 aromatic heterocycles. The molecule has 1 N–H and O–H groups in total. The van der Waals surface area contributed by atoms with Gasteiger partial charge >= 0.3 is 0 Å². The van der Waals surface area contributed by atoms with Gasteiger partial charge in [-0.2, -0.15) is 5.10 Å². The molecular weight excluding hydrogens is 317 g/mol. The molecule has 2 aromatic rings. The van der Waals surface area contributed by atoms with E-state index in [1.807, 2.05) is 33.2 Å². The van der Waals surface area contributed by atoms with Crippen LogP contribution in [0.5, 0.6) is 0 Å². The first-order chi connectivity index (χ1) is 9.45. The van der Waals surface area contributed by atoms with E-state index in [-0.39, 0.29) is 6.04 Å². The first-order valence-corrected chi connectivity index (χ1v) is 7.38. The van der Waals surface area contributed by atoms with Crippen LogP contribution in [0.1, 0.15) is 22.9 Å². The fraction of sp³-hybridized carbons (Fsp3) is 0.357. The number of benzene rings is 1. The molecule has 0 amide bonds. The minimum absolute atomic E-state index is 0.0293. The van der Waals surface area contributed by atoms with Gasteiger partial charge in [-0.25, -0.2) is 0 Å². The van der Waals surface area contributed by atoms with Gasteiger partial charge in [-0.15, -0.1) is 0 Å². The predicted molar refractivity (Wildman–Crippen MR) is 84.9 cm³/mol. The number of aryl methyl sites for hydroxylation is 2. The summed E-state index contributed by atoms with van der Waals surface area (Å²) in [5.74, 6) is 0. The van der Waals surface area contributed by atoms with Gasteiger partial charge in [0.15, 0.2) is 0 Å². The summed E-state index contributed by atoms with van der Waals surface area (Å²) in [6.45, 7) is 1.95. The van der Waals surface area contributed by atoms with Crippen LogP contribution in [0.3, 0.4) is 0 Å². The highest BCUT2D eigenvalue weighted by Gasteiger charge is 2.20. The van der Waals surface area contributed by atoms with Crippen molar-refractivity contribution in [3.05, 3.63) is 50.2 Å². The molecule has 3 nitrogen and oxygen atoms in total. The monoisotopic (exact) mass is 331 g/mol. The lowest BCUT2D eigenvalue weighted by atomic mass is 9.99. The maximum Gasteiger partial charge on any atom is 0.130 e. The van der Waals surface area contributed by atoms with Crippen LogP contribution in [0.4, 0.5) is 0 Å². The van der Waals surface area contributed by atoms with Crippen LogP contribution in [-0.2, 0) is 13.5 Å². The molecule has 1 atom stereocenters. The van der Waals surface area contributed by atoms with E-state index in [1.54, 1.807) is 10.7 Å². The highest BCUT2D eigenvalue weighted by Crippen LogP contribution is 2.33. The van der Waals surface area contributed by atoms with Crippen molar-refractivity contribution in [2.45, 2.75) is 19.4 Å². The Hall–Kier alpha value is -0.740. The summed E-state index contributed by atoms with van der Waals surface area (Å²) in [4.78, 5) is 0. The summed E-state index contributed by atoms with van der Waals surface area (Å²) in [7, 11) is 3.72.